The first-order chi connectivity index (χ1) is 13.6. The van der Waals surface area contributed by atoms with Gasteiger partial charge in [0.1, 0.15) is 6.10 Å². The van der Waals surface area contributed by atoms with Gasteiger partial charge in [0.05, 0.1) is 5.56 Å². The Kier molecular flexibility index (Phi) is 7.76. The zero-order valence-corrected chi connectivity index (χ0v) is 18.1. The molecule has 2 aliphatic rings. The van der Waals surface area contributed by atoms with Gasteiger partial charge in [-0.15, -0.1) is 0 Å². The number of carbonyl (C=O) groups is 1. The Bertz CT molecular complexity index is 650. The lowest BCUT2D eigenvalue weighted by Gasteiger charge is -2.27. The molecule has 3 rings (SSSR count). The average Bonchev–Trinajstić information content (AvgIpc) is 2.75. The van der Waals surface area contributed by atoms with E-state index in [-0.39, 0.29) is 12.1 Å². The van der Waals surface area contributed by atoms with Crippen LogP contribution in [-0.4, -0.2) is 12.1 Å². The molecule has 0 aromatic heterocycles. The van der Waals surface area contributed by atoms with E-state index in [4.69, 9.17) is 4.74 Å². The van der Waals surface area contributed by atoms with Gasteiger partial charge in [0, 0.05) is 0 Å². The van der Waals surface area contributed by atoms with Gasteiger partial charge in [0.25, 0.3) is 0 Å². The van der Waals surface area contributed by atoms with Gasteiger partial charge in [-0.25, -0.2) is 4.79 Å². The van der Waals surface area contributed by atoms with Gasteiger partial charge < -0.3 is 4.74 Å². The third kappa shape index (κ3) is 5.72. The summed E-state index contributed by atoms with van der Waals surface area (Å²) in [7, 11) is 0. The molecule has 1 aromatic rings. The first-order valence-corrected chi connectivity index (χ1v) is 11.6. The quantitative estimate of drug-likeness (QED) is 0.458. The van der Waals surface area contributed by atoms with Gasteiger partial charge in [-0.3, -0.25) is 0 Å². The molecule has 0 bridgehead atoms. The van der Waals surface area contributed by atoms with E-state index < -0.39 is 0 Å². The van der Waals surface area contributed by atoms with E-state index in [1.54, 1.807) is 0 Å². The second-order valence-corrected chi connectivity index (χ2v) is 9.15. The SMILES string of the molecule is CCC(C)CC1CC=C(c2ccc(C(=O)O[C@H]3CC[C@H](CC)CC3)cc2)CC1. The van der Waals surface area contributed by atoms with Crippen LogP contribution in [0.4, 0.5) is 0 Å². The van der Waals surface area contributed by atoms with Crippen LogP contribution in [0.2, 0.25) is 0 Å². The number of esters is 1. The predicted octanol–water partition coefficient (Wildman–Crippen LogP) is 7.43. The Morgan fingerprint density at radius 3 is 2.32 bits per heavy atom. The van der Waals surface area contributed by atoms with Crippen LogP contribution in [0.5, 0.6) is 0 Å². The molecule has 0 heterocycles. The van der Waals surface area contributed by atoms with Crippen molar-refractivity contribution in [3.63, 3.8) is 0 Å². The molecule has 2 unspecified atom stereocenters. The molecule has 0 amide bonds. The lowest BCUT2D eigenvalue weighted by Crippen LogP contribution is -2.24. The summed E-state index contributed by atoms with van der Waals surface area (Å²) in [6.07, 6.45) is 14.5. The van der Waals surface area contributed by atoms with Gasteiger partial charge in [-0.2, -0.15) is 0 Å². The molecule has 2 atom stereocenters. The molecular weight excluding hydrogens is 344 g/mol. The molecule has 28 heavy (non-hydrogen) atoms. The van der Waals surface area contributed by atoms with Crippen LogP contribution in [0.1, 0.15) is 101 Å². The average molecular weight is 383 g/mol. The number of carbonyl (C=O) groups excluding carboxylic acids is 1. The van der Waals surface area contributed by atoms with Crippen LogP contribution >= 0.6 is 0 Å². The molecule has 0 aliphatic heterocycles. The van der Waals surface area contributed by atoms with E-state index in [0.717, 1.165) is 37.0 Å². The third-order valence-corrected chi connectivity index (χ3v) is 7.09. The number of hydrogen-bond donors (Lipinski definition) is 0. The van der Waals surface area contributed by atoms with Gasteiger partial charge in [0.2, 0.25) is 0 Å². The molecule has 1 aromatic carbocycles. The summed E-state index contributed by atoms with van der Waals surface area (Å²) in [4.78, 5) is 12.5. The fourth-order valence-electron chi connectivity index (χ4n) is 4.80. The number of benzene rings is 1. The van der Waals surface area contributed by atoms with Crippen molar-refractivity contribution in [3.8, 4) is 0 Å². The van der Waals surface area contributed by atoms with Crippen LogP contribution < -0.4 is 0 Å². The van der Waals surface area contributed by atoms with E-state index in [0.29, 0.717) is 5.56 Å². The molecule has 154 valence electrons. The van der Waals surface area contributed by atoms with Crippen molar-refractivity contribution in [2.24, 2.45) is 17.8 Å². The largest absolute Gasteiger partial charge is 0.459 e. The number of ether oxygens (including phenoxy) is 1. The Morgan fingerprint density at radius 2 is 1.75 bits per heavy atom. The Balaban J connectivity index is 1.51. The number of allylic oxidation sites excluding steroid dienone is 2. The highest BCUT2D eigenvalue weighted by Gasteiger charge is 2.23. The lowest BCUT2D eigenvalue weighted by atomic mass is 9.81. The maximum absolute atomic E-state index is 12.5. The van der Waals surface area contributed by atoms with Crippen LogP contribution in [-0.2, 0) is 4.74 Å². The smallest absolute Gasteiger partial charge is 0.338 e. The topological polar surface area (TPSA) is 26.3 Å². The van der Waals surface area contributed by atoms with Gasteiger partial charge in [-0.1, -0.05) is 51.8 Å². The van der Waals surface area contributed by atoms with Crippen molar-refractivity contribution in [2.45, 2.75) is 91.1 Å². The Hall–Kier alpha value is -1.57. The predicted molar refractivity (Wildman–Crippen MR) is 117 cm³/mol. The van der Waals surface area contributed by atoms with E-state index >= 15 is 0 Å². The zero-order chi connectivity index (χ0) is 19.9. The number of hydrogen-bond acceptors (Lipinski definition) is 2. The molecular formula is C26H38O2. The van der Waals surface area contributed by atoms with Crippen molar-refractivity contribution < 1.29 is 9.53 Å². The van der Waals surface area contributed by atoms with Crippen LogP contribution in [0, 0.1) is 17.8 Å². The summed E-state index contributed by atoms with van der Waals surface area (Å²) in [5.74, 6) is 2.35. The van der Waals surface area contributed by atoms with Crippen molar-refractivity contribution >= 4 is 11.5 Å². The fourth-order valence-corrected chi connectivity index (χ4v) is 4.80. The molecule has 0 spiro atoms. The zero-order valence-electron chi connectivity index (χ0n) is 18.1. The summed E-state index contributed by atoms with van der Waals surface area (Å²) in [6.45, 7) is 6.91. The highest BCUT2D eigenvalue weighted by atomic mass is 16.5. The summed E-state index contributed by atoms with van der Waals surface area (Å²) in [6, 6.07) is 8.10. The summed E-state index contributed by atoms with van der Waals surface area (Å²) in [5, 5.41) is 0. The standard InChI is InChI=1S/C26H38O2/c1-4-19(3)18-21-6-10-22(11-7-21)23-12-14-24(15-13-23)26(27)28-25-16-8-20(5-2)9-17-25/h10,12-15,19-21,25H,4-9,11,16-18H2,1-3H3/t19?,20-,21?,25-. The molecule has 1 saturated carbocycles. The van der Waals surface area contributed by atoms with Gasteiger partial charge in [0.15, 0.2) is 0 Å². The van der Waals surface area contributed by atoms with Crippen molar-refractivity contribution in [2.75, 3.05) is 0 Å². The second-order valence-electron chi connectivity index (χ2n) is 9.15. The summed E-state index contributed by atoms with van der Waals surface area (Å²) >= 11 is 0. The van der Waals surface area contributed by atoms with E-state index in [2.05, 4.69) is 39.0 Å². The minimum atomic E-state index is -0.155. The van der Waals surface area contributed by atoms with E-state index in [1.165, 1.54) is 56.1 Å². The van der Waals surface area contributed by atoms with Crippen molar-refractivity contribution in [1.29, 1.82) is 0 Å². The molecule has 2 heteroatoms. The summed E-state index contributed by atoms with van der Waals surface area (Å²) < 4.78 is 5.76. The molecule has 2 aliphatic carbocycles. The minimum Gasteiger partial charge on any atom is -0.459 e. The van der Waals surface area contributed by atoms with E-state index in [1.807, 2.05) is 12.1 Å². The van der Waals surface area contributed by atoms with Crippen molar-refractivity contribution in [3.05, 3.63) is 41.5 Å². The first-order valence-electron chi connectivity index (χ1n) is 11.6. The van der Waals surface area contributed by atoms with E-state index in [9.17, 15) is 4.79 Å². The van der Waals surface area contributed by atoms with Crippen molar-refractivity contribution in [1.82, 2.24) is 0 Å². The lowest BCUT2D eigenvalue weighted by molar-refractivity contribution is 0.0164. The maximum atomic E-state index is 12.5. The molecule has 0 N–H and O–H groups in total. The normalized spacial score (nSPS) is 26.4. The molecule has 0 saturated heterocycles. The molecule has 0 radical (unpaired) electrons. The van der Waals surface area contributed by atoms with Gasteiger partial charge in [-0.05, 0) is 92.4 Å². The minimum absolute atomic E-state index is 0.110. The first kappa shape index (κ1) is 21.1. The molecule has 1 fully saturated rings. The molecule has 2 nitrogen and oxygen atoms in total. The maximum Gasteiger partial charge on any atom is 0.338 e. The second kappa shape index (κ2) is 10.3. The van der Waals surface area contributed by atoms with Crippen LogP contribution in [0.15, 0.2) is 30.3 Å². The fraction of sp³-hybridized carbons (Fsp3) is 0.654. The van der Waals surface area contributed by atoms with Crippen LogP contribution in [0.3, 0.4) is 0 Å². The Labute approximate surface area is 171 Å². The monoisotopic (exact) mass is 382 g/mol. The highest BCUT2D eigenvalue weighted by molar-refractivity contribution is 5.90. The Morgan fingerprint density at radius 1 is 1.04 bits per heavy atom. The van der Waals surface area contributed by atoms with Crippen LogP contribution in [0.25, 0.3) is 5.57 Å². The third-order valence-electron chi connectivity index (χ3n) is 7.09. The summed E-state index contributed by atoms with van der Waals surface area (Å²) in [5.41, 5.74) is 3.40. The highest BCUT2D eigenvalue weighted by Crippen LogP contribution is 2.34. The number of rotatable bonds is 7. The van der Waals surface area contributed by atoms with Gasteiger partial charge >= 0.3 is 5.97 Å².